The van der Waals surface area contributed by atoms with Crippen molar-refractivity contribution in [1.82, 2.24) is 19.7 Å². The Hall–Kier alpha value is -3.19. The summed E-state index contributed by atoms with van der Waals surface area (Å²) in [6.45, 7) is 1.71. The Bertz CT molecular complexity index is 922. The lowest BCUT2D eigenvalue weighted by molar-refractivity contribution is 0.0602. The first kappa shape index (κ1) is 19.6. The SMILES string of the molecule is COC(=O)c1ccncc1Nc1c(-c2ccccc2)cnn1CCCN(C)C. The van der Waals surface area contributed by atoms with Gasteiger partial charge < -0.3 is 15.0 Å². The molecule has 0 spiro atoms. The number of nitrogens with one attached hydrogen (secondary N) is 1. The molecule has 3 aromatic rings. The highest BCUT2D eigenvalue weighted by molar-refractivity contribution is 5.96. The molecule has 3 rings (SSSR count). The van der Waals surface area contributed by atoms with Crippen molar-refractivity contribution in [2.75, 3.05) is 33.1 Å². The van der Waals surface area contributed by atoms with Crippen LogP contribution in [-0.4, -0.2) is 53.4 Å². The van der Waals surface area contributed by atoms with Gasteiger partial charge in [0.05, 0.1) is 30.8 Å². The maximum atomic E-state index is 12.1. The molecule has 0 radical (unpaired) electrons. The van der Waals surface area contributed by atoms with E-state index in [1.165, 1.54) is 7.11 Å². The van der Waals surface area contributed by atoms with E-state index in [0.29, 0.717) is 11.3 Å². The second kappa shape index (κ2) is 9.14. The molecule has 0 amide bonds. The Kier molecular flexibility index (Phi) is 6.39. The predicted octanol–water partition coefficient (Wildman–Crippen LogP) is 3.43. The highest BCUT2D eigenvalue weighted by Gasteiger charge is 2.17. The summed E-state index contributed by atoms with van der Waals surface area (Å²) in [7, 11) is 5.47. The number of benzene rings is 1. The topological polar surface area (TPSA) is 72.3 Å². The zero-order valence-electron chi connectivity index (χ0n) is 16.4. The first-order valence-electron chi connectivity index (χ1n) is 9.15. The van der Waals surface area contributed by atoms with E-state index in [1.807, 2.05) is 41.2 Å². The van der Waals surface area contributed by atoms with E-state index in [-0.39, 0.29) is 0 Å². The van der Waals surface area contributed by atoms with E-state index < -0.39 is 5.97 Å². The molecule has 0 bridgehead atoms. The predicted molar refractivity (Wildman–Crippen MR) is 110 cm³/mol. The van der Waals surface area contributed by atoms with Gasteiger partial charge in [-0.3, -0.25) is 4.98 Å². The van der Waals surface area contributed by atoms with E-state index in [4.69, 9.17) is 4.74 Å². The number of aromatic nitrogens is 3. The number of hydrogen-bond donors (Lipinski definition) is 1. The number of ether oxygens (including phenoxy) is 1. The molecule has 146 valence electrons. The smallest absolute Gasteiger partial charge is 0.340 e. The average molecular weight is 379 g/mol. The van der Waals surface area contributed by atoms with Crippen LogP contribution in [0.15, 0.2) is 55.0 Å². The van der Waals surface area contributed by atoms with Gasteiger partial charge in [-0.15, -0.1) is 0 Å². The Balaban J connectivity index is 1.98. The summed E-state index contributed by atoms with van der Waals surface area (Å²) in [6.07, 6.45) is 6.00. The molecule has 0 atom stereocenters. The monoisotopic (exact) mass is 379 g/mol. The van der Waals surface area contributed by atoms with Crippen LogP contribution in [0.1, 0.15) is 16.8 Å². The van der Waals surface area contributed by atoms with Gasteiger partial charge in [0.2, 0.25) is 0 Å². The minimum atomic E-state index is -0.412. The molecule has 0 saturated heterocycles. The zero-order valence-corrected chi connectivity index (χ0v) is 16.4. The second-order valence-corrected chi connectivity index (χ2v) is 6.69. The van der Waals surface area contributed by atoms with Gasteiger partial charge in [-0.2, -0.15) is 5.10 Å². The fraction of sp³-hybridized carbons (Fsp3) is 0.286. The summed E-state index contributed by atoms with van der Waals surface area (Å²) in [5.41, 5.74) is 3.02. The van der Waals surface area contributed by atoms with Gasteiger partial charge in [-0.05, 0) is 38.7 Å². The summed E-state index contributed by atoms with van der Waals surface area (Å²) in [4.78, 5) is 18.4. The summed E-state index contributed by atoms with van der Waals surface area (Å²) < 4.78 is 6.83. The van der Waals surface area contributed by atoms with Crippen LogP contribution < -0.4 is 5.32 Å². The number of nitrogens with zero attached hydrogens (tertiary/aromatic N) is 4. The molecule has 0 unspecified atom stereocenters. The zero-order chi connectivity index (χ0) is 19.9. The van der Waals surface area contributed by atoms with Crippen LogP contribution in [0.4, 0.5) is 11.5 Å². The van der Waals surface area contributed by atoms with Crippen molar-refractivity contribution >= 4 is 17.5 Å². The molecule has 0 saturated carbocycles. The van der Waals surface area contributed by atoms with E-state index in [1.54, 1.807) is 18.5 Å². The summed E-state index contributed by atoms with van der Waals surface area (Å²) in [5, 5.41) is 7.94. The van der Waals surface area contributed by atoms with Gasteiger partial charge in [-0.25, -0.2) is 9.48 Å². The number of aryl methyl sites for hydroxylation is 1. The number of carbonyl (C=O) groups is 1. The van der Waals surface area contributed by atoms with E-state index >= 15 is 0 Å². The number of carbonyl (C=O) groups excluding carboxylic acids is 1. The molecule has 7 nitrogen and oxygen atoms in total. The van der Waals surface area contributed by atoms with Crippen LogP contribution in [-0.2, 0) is 11.3 Å². The van der Waals surface area contributed by atoms with Gasteiger partial charge in [0.25, 0.3) is 0 Å². The van der Waals surface area contributed by atoms with Crippen LogP contribution in [0.3, 0.4) is 0 Å². The Morgan fingerprint density at radius 2 is 1.96 bits per heavy atom. The lowest BCUT2D eigenvalue weighted by atomic mass is 10.1. The van der Waals surface area contributed by atoms with Crippen LogP contribution >= 0.6 is 0 Å². The lowest BCUT2D eigenvalue weighted by Crippen LogP contribution is -2.16. The molecule has 2 aromatic heterocycles. The fourth-order valence-electron chi connectivity index (χ4n) is 2.96. The third-order valence-electron chi connectivity index (χ3n) is 4.38. The lowest BCUT2D eigenvalue weighted by Gasteiger charge is -2.15. The molecule has 1 N–H and O–H groups in total. The molecule has 2 heterocycles. The molecule has 0 aliphatic heterocycles. The van der Waals surface area contributed by atoms with E-state index in [0.717, 1.165) is 36.5 Å². The summed E-state index contributed by atoms with van der Waals surface area (Å²) >= 11 is 0. The molecule has 7 heteroatoms. The van der Waals surface area contributed by atoms with Crippen molar-refractivity contribution in [3.63, 3.8) is 0 Å². The highest BCUT2D eigenvalue weighted by atomic mass is 16.5. The second-order valence-electron chi connectivity index (χ2n) is 6.69. The number of methoxy groups -OCH3 is 1. The molecule has 1 aromatic carbocycles. The molecule has 0 aliphatic carbocycles. The first-order valence-corrected chi connectivity index (χ1v) is 9.15. The van der Waals surface area contributed by atoms with Crippen molar-refractivity contribution in [3.8, 4) is 11.1 Å². The van der Waals surface area contributed by atoms with Crippen LogP contribution in [0.25, 0.3) is 11.1 Å². The van der Waals surface area contributed by atoms with Gasteiger partial charge in [0, 0.05) is 18.3 Å². The number of esters is 1. The maximum Gasteiger partial charge on any atom is 0.340 e. The largest absolute Gasteiger partial charge is 0.465 e. The third-order valence-corrected chi connectivity index (χ3v) is 4.38. The molecular weight excluding hydrogens is 354 g/mol. The highest BCUT2D eigenvalue weighted by Crippen LogP contribution is 2.31. The normalized spacial score (nSPS) is 10.9. The van der Waals surface area contributed by atoms with Gasteiger partial charge in [-0.1, -0.05) is 30.3 Å². The summed E-state index contributed by atoms with van der Waals surface area (Å²) in [6, 6.07) is 11.7. The van der Waals surface area contributed by atoms with Crippen LogP contribution in [0, 0.1) is 0 Å². The number of pyridine rings is 1. The molecule has 0 fully saturated rings. The summed E-state index contributed by atoms with van der Waals surface area (Å²) in [5.74, 6) is 0.410. The molecular formula is C21H25N5O2. The van der Waals surface area contributed by atoms with Crippen molar-refractivity contribution < 1.29 is 9.53 Å². The van der Waals surface area contributed by atoms with Gasteiger partial charge in [0.1, 0.15) is 5.82 Å². The minimum Gasteiger partial charge on any atom is -0.465 e. The number of rotatable bonds is 8. The van der Waals surface area contributed by atoms with Crippen molar-refractivity contribution in [3.05, 3.63) is 60.6 Å². The van der Waals surface area contributed by atoms with Crippen molar-refractivity contribution in [1.29, 1.82) is 0 Å². The third kappa shape index (κ3) is 4.55. The van der Waals surface area contributed by atoms with Gasteiger partial charge in [0.15, 0.2) is 0 Å². The first-order chi connectivity index (χ1) is 13.6. The maximum absolute atomic E-state index is 12.1. The quantitative estimate of drug-likeness (QED) is 0.605. The van der Waals surface area contributed by atoms with Crippen LogP contribution in [0.2, 0.25) is 0 Å². The Labute approximate surface area is 165 Å². The van der Waals surface area contributed by atoms with E-state index in [9.17, 15) is 4.79 Å². The Morgan fingerprint density at radius 1 is 1.18 bits per heavy atom. The molecule has 28 heavy (non-hydrogen) atoms. The average Bonchev–Trinajstić information content (AvgIpc) is 3.10. The minimum absolute atomic E-state index is 0.412. The van der Waals surface area contributed by atoms with Crippen LogP contribution in [0.5, 0.6) is 0 Å². The molecule has 0 aliphatic rings. The van der Waals surface area contributed by atoms with E-state index in [2.05, 4.69) is 34.4 Å². The van der Waals surface area contributed by atoms with Crippen molar-refractivity contribution in [2.24, 2.45) is 0 Å². The fourth-order valence-corrected chi connectivity index (χ4v) is 2.96. The number of anilines is 2. The Morgan fingerprint density at radius 3 is 2.68 bits per heavy atom. The number of hydrogen-bond acceptors (Lipinski definition) is 6. The van der Waals surface area contributed by atoms with Gasteiger partial charge >= 0.3 is 5.97 Å². The standard InChI is InChI=1S/C21H25N5O2/c1-25(2)12-7-13-26-20(18(14-23-26)16-8-5-4-6-9-16)24-19-15-22-11-10-17(19)21(27)28-3/h4-6,8-11,14-15,24H,7,12-13H2,1-3H3. The van der Waals surface area contributed by atoms with Crippen molar-refractivity contribution in [2.45, 2.75) is 13.0 Å².